The van der Waals surface area contributed by atoms with Gasteiger partial charge in [0, 0.05) is 24.3 Å². The van der Waals surface area contributed by atoms with Gasteiger partial charge in [0.05, 0.1) is 17.8 Å². The Bertz CT molecular complexity index is 1140. The second kappa shape index (κ2) is 7.83. The fourth-order valence-corrected chi connectivity index (χ4v) is 3.09. The second-order valence-corrected chi connectivity index (χ2v) is 7.05. The maximum absolute atomic E-state index is 13.7. The molecular weight excluding hydrogens is 371 g/mol. The van der Waals surface area contributed by atoms with Gasteiger partial charge in [0.2, 0.25) is 0 Å². The molecule has 0 aliphatic heterocycles. The number of anilines is 1. The molecule has 0 bridgehead atoms. The summed E-state index contributed by atoms with van der Waals surface area (Å²) < 4.78 is 15.5. The number of benzene rings is 1. The van der Waals surface area contributed by atoms with E-state index in [4.69, 9.17) is 0 Å². The van der Waals surface area contributed by atoms with Crippen molar-refractivity contribution in [2.24, 2.45) is 0 Å². The number of fused-ring (bicyclic) bond motifs is 1. The Hall–Kier alpha value is -3.55. The SMILES string of the molecule is CC(C)n1ncc2c(NCCc3ccc(O)cc3)nc(-c3cncc(F)c3)nc21. The molecule has 3 aromatic heterocycles. The Morgan fingerprint density at radius 3 is 2.62 bits per heavy atom. The van der Waals surface area contributed by atoms with Crippen LogP contribution < -0.4 is 5.32 Å². The summed E-state index contributed by atoms with van der Waals surface area (Å²) in [4.78, 5) is 13.1. The van der Waals surface area contributed by atoms with Crippen LogP contribution in [-0.4, -0.2) is 36.4 Å². The van der Waals surface area contributed by atoms with E-state index in [0.717, 1.165) is 23.6 Å². The number of pyridine rings is 1. The van der Waals surface area contributed by atoms with E-state index in [9.17, 15) is 9.50 Å². The smallest absolute Gasteiger partial charge is 0.165 e. The Morgan fingerprint density at radius 2 is 1.90 bits per heavy atom. The highest BCUT2D eigenvalue weighted by atomic mass is 19.1. The van der Waals surface area contributed by atoms with Crippen LogP contribution in [0.4, 0.5) is 10.2 Å². The molecule has 29 heavy (non-hydrogen) atoms. The fourth-order valence-electron chi connectivity index (χ4n) is 3.09. The molecule has 0 atom stereocenters. The molecule has 0 saturated heterocycles. The monoisotopic (exact) mass is 392 g/mol. The molecule has 7 nitrogen and oxygen atoms in total. The number of aromatic hydroxyl groups is 1. The highest BCUT2D eigenvalue weighted by Gasteiger charge is 2.16. The lowest BCUT2D eigenvalue weighted by Crippen LogP contribution is -2.09. The third-order valence-corrected chi connectivity index (χ3v) is 4.55. The van der Waals surface area contributed by atoms with Gasteiger partial charge in [-0.25, -0.2) is 19.0 Å². The summed E-state index contributed by atoms with van der Waals surface area (Å²) >= 11 is 0. The minimum atomic E-state index is -0.439. The maximum atomic E-state index is 13.7. The number of hydrogen-bond donors (Lipinski definition) is 2. The van der Waals surface area contributed by atoms with Crippen molar-refractivity contribution in [1.82, 2.24) is 24.7 Å². The van der Waals surface area contributed by atoms with Crippen molar-refractivity contribution in [3.8, 4) is 17.1 Å². The number of phenols is 1. The third-order valence-electron chi connectivity index (χ3n) is 4.55. The van der Waals surface area contributed by atoms with Gasteiger partial charge in [-0.2, -0.15) is 5.10 Å². The first kappa shape index (κ1) is 18.8. The minimum absolute atomic E-state index is 0.116. The average Bonchev–Trinajstić information content (AvgIpc) is 3.14. The van der Waals surface area contributed by atoms with E-state index in [1.165, 1.54) is 6.07 Å². The van der Waals surface area contributed by atoms with Crippen molar-refractivity contribution >= 4 is 16.9 Å². The van der Waals surface area contributed by atoms with Crippen molar-refractivity contribution in [3.63, 3.8) is 0 Å². The lowest BCUT2D eigenvalue weighted by atomic mass is 10.1. The number of phenolic OH excluding ortho intramolecular Hbond substituents is 1. The fraction of sp³-hybridized carbons (Fsp3) is 0.238. The first-order valence-electron chi connectivity index (χ1n) is 9.39. The molecular formula is C21H21FN6O. The molecule has 148 valence electrons. The molecule has 4 aromatic rings. The Morgan fingerprint density at radius 1 is 1.10 bits per heavy atom. The summed E-state index contributed by atoms with van der Waals surface area (Å²) in [6, 6.07) is 8.58. The van der Waals surface area contributed by atoms with Crippen molar-refractivity contribution in [1.29, 1.82) is 0 Å². The van der Waals surface area contributed by atoms with Gasteiger partial charge < -0.3 is 10.4 Å². The molecule has 2 N–H and O–H groups in total. The van der Waals surface area contributed by atoms with Crippen LogP contribution in [-0.2, 0) is 6.42 Å². The van der Waals surface area contributed by atoms with Crippen molar-refractivity contribution in [2.45, 2.75) is 26.3 Å². The average molecular weight is 392 g/mol. The van der Waals surface area contributed by atoms with Crippen molar-refractivity contribution < 1.29 is 9.50 Å². The molecule has 0 saturated carbocycles. The summed E-state index contributed by atoms with van der Waals surface area (Å²) in [6.45, 7) is 4.68. The summed E-state index contributed by atoms with van der Waals surface area (Å²) in [6.07, 6.45) is 5.19. The molecule has 0 unspecified atom stereocenters. The molecule has 3 heterocycles. The normalized spacial score (nSPS) is 11.3. The van der Waals surface area contributed by atoms with Crippen molar-refractivity contribution in [3.05, 3.63) is 60.3 Å². The predicted octanol–water partition coefficient (Wildman–Crippen LogP) is 3.97. The summed E-state index contributed by atoms with van der Waals surface area (Å²) in [5.74, 6) is 0.832. The largest absolute Gasteiger partial charge is 0.508 e. The van der Waals surface area contributed by atoms with Gasteiger partial charge in [0.15, 0.2) is 11.5 Å². The van der Waals surface area contributed by atoms with Crippen molar-refractivity contribution in [2.75, 3.05) is 11.9 Å². The van der Waals surface area contributed by atoms with Gasteiger partial charge in [-0.1, -0.05) is 12.1 Å². The highest BCUT2D eigenvalue weighted by Crippen LogP contribution is 2.26. The summed E-state index contributed by atoms with van der Waals surface area (Å²) in [7, 11) is 0. The highest BCUT2D eigenvalue weighted by molar-refractivity contribution is 5.88. The van der Waals surface area contributed by atoms with Crippen LogP contribution in [0, 0.1) is 5.82 Å². The van der Waals surface area contributed by atoms with Crippen LogP contribution in [0.15, 0.2) is 48.9 Å². The lowest BCUT2D eigenvalue weighted by Gasteiger charge is -2.11. The number of halogens is 1. The number of aromatic nitrogens is 5. The lowest BCUT2D eigenvalue weighted by molar-refractivity contribution is 0.475. The molecule has 0 spiro atoms. The van der Waals surface area contributed by atoms with Gasteiger partial charge in [-0.15, -0.1) is 0 Å². The van der Waals surface area contributed by atoms with E-state index in [1.54, 1.807) is 24.5 Å². The molecule has 0 fully saturated rings. The standard InChI is InChI=1S/C21H21FN6O/c1-13(2)28-21-18(12-25-28)20(24-8-7-14-3-5-17(29)6-4-14)26-19(27-21)15-9-16(22)11-23-10-15/h3-6,9-13,29H,7-8H2,1-2H3,(H,24,26,27). The van der Waals surface area contributed by atoms with Gasteiger partial charge in [-0.3, -0.25) is 4.98 Å². The minimum Gasteiger partial charge on any atom is -0.508 e. The van der Waals surface area contributed by atoms with Crippen LogP contribution in [0.3, 0.4) is 0 Å². The summed E-state index contributed by atoms with van der Waals surface area (Å²) in [5.41, 5.74) is 2.28. The van der Waals surface area contributed by atoms with Gasteiger partial charge in [0.1, 0.15) is 17.4 Å². The third kappa shape index (κ3) is 4.01. The first-order valence-corrected chi connectivity index (χ1v) is 9.39. The Kier molecular flexibility index (Phi) is 5.07. The molecule has 8 heteroatoms. The van der Waals surface area contributed by atoms with E-state index in [1.807, 2.05) is 30.7 Å². The van der Waals surface area contributed by atoms with E-state index in [2.05, 4.69) is 25.4 Å². The molecule has 0 radical (unpaired) electrons. The van der Waals surface area contributed by atoms with Gasteiger partial charge >= 0.3 is 0 Å². The zero-order valence-electron chi connectivity index (χ0n) is 16.2. The molecule has 0 aliphatic carbocycles. The van der Waals surface area contributed by atoms with E-state index in [-0.39, 0.29) is 11.8 Å². The van der Waals surface area contributed by atoms with E-state index < -0.39 is 5.82 Å². The molecule has 0 amide bonds. The van der Waals surface area contributed by atoms with E-state index >= 15 is 0 Å². The van der Waals surface area contributed by atoms with Crippen LogP contribution >= 0.6 is 0 Å². The van der Waals surface area contributed by atoms with Crippen LogP contribution in [0.25, 0.3) is 22.4 Å². The Balaban J connectivity index is 1.68. The summed E-state index contributed by atoms with van der Waals surface area (Å²) in [5, 5.41) is 18.0. The second-order valence-electron chi connectivity index (χ2n) is 7.05. The van der Waals surface area contributed by atoms with E-state index in [0.29, 0.717) is 29.4 Å². The van der Waals surface area contributed by atoms with Crippen LogP contribution in [0.2, 0.25) is 0 Å². The zero-order valence-corrected chi connectivity index (χ0v) is 16.2. The van der Waals surface area contributed by atoms with Crippen LogP contribution in [0.1, 0.15) is 25.5 Å². The topological polar surface area (TPSA) is 88.8 Å². The first-order chi connectivity index (χ1) is 14.0. The molecule has 0 aliphatic rings. The number of nitrogens with zero attached hydrogens (tertiary/aromatic N) is 5. The predicted molar refractivity (Wildman–Crippen MR) is 109 cm³/mol. The zero-order chi connectivity index (χ0) is 20.4. The Labute approximate surface area is 167 Å². The van der Waals surface area contributed by atoms with Gasteiger partial charge in [0.25, 0.3) is 0 Å². The maximum Gasteiger partial charge on any atom is 0.165 e. The molecule has 4 rings (SSSR count). The number of rotatable bonds is 6. The quantitative estimate of drug-likeness (QED) is 0.516. The molecule has 1 aromatic carbocycles. The van der Waals surface area contributed by atoms with Gasteiger partial charge in [-0.05, 0) is 44.0 Å². The number of nitrogens with one attached hydrogen (secondary N) is 1. The number of hydrogen-bond acceptors (Lipinski definition) is 6. The van der Waals surface area contributed by atoms with Crippen LogP contribution in [0.5, 0.6) is 5.75 Å².